The topological polar surface area (TPSA) is 17.8 Å². The average molecular weight is 234 g/mol. The lowest BCUT2D eigenvalue weighted by molar-refractivity contribution is 1.06. The molecule has 2 heteroatoms. The number of rotatable bonds is 2. The third-order valence-electron chi connectivity index (χ3n) is 3.02. The van der Waals surface area contributed by atoms with Crippen LogP contribution in [0.4, 0.5) is 0 Å². The molecule has 0 spiro atoms. The van der Waals surface area contributed by atoms with Crippen LogP contribution in [-0.2, 0) is 0 Å². The minimum atomic E-state index is 1.16. The van der Waals surface area contributed by atoms with Crippen molar-refractivity contribution >= 4 is 0 Å². The number of imidazole rings is 1. The van der Waals surface area contributed by atoms with Gasteiger partial charge in [0.1, 0.15) is 0 Å². The highest BCUT2D eigenvalue weighted by Gasteiger charge is 2.06. The summed E-state index contributed by atoms with van der Waals surface area (Å²) in [5, 5.41) is 0. The first-order valence-electron chi connectivity index (χ1n) is 5.99. The fourth-order valence-electron chi connectivity index (χ4n) is 2.13. The molecule has 88 valence electrons. The van der Waals surface area contributed by atoms with Gasteiger partial charge in [-0.25, -0.2) is 4.98 Å². The smallest absolute Gasteiger partial charge is 0.0991 e. The molecule has 1 heterocycles. The van der Waals surface area contributed by atoms with Crippen LogP contribution < -0.4 is 0 Å². The van der Waals surface area contributed by atoms with Crippen molar-refractivity contribution in [3.63, 3.8) is 0 Å². The molecule has 3 rings (SSSR count). The van der Waals surface area contributed by atoms with Crippen molar-refractivity contribution in [2.45, 2.75) is 6.92 Å². The molecular formula is C16H14N2. The van der Waals surface area contributed by atoms with Gasteiger partial charge in [-0.3, -0.25) is 0 Å². The monoisotopic (exact) mass is 234 g/mol. The number of nitrogens with zero attached hydrogens (tertiary/aromatic N) is 2. The summed E-state index contributed by atoms with van der Waals surface area (Å²) in [7, 11) is 0. The van der Waals surface area contributed by atoms with Gasteiger partial charge in [0.25, 0.3) is 0 Å². The maximum absolute atomic E-state index is 4.12. The highest BCUT2D eigenvalue weighted by atomic mass is 15.0. The first-order chi connectivity index (χ1) is 8.84. The van der Waals surface area contributed by atoms with Crippen LogP contribution in [0.3, 0.4) is 0 Å². The Labute approximate surface area is 107 Å². The minimum absolute atomic E-state index is 1.16. The van der Waals surface area contributed by atoms with Gasteiger partial charge in [0.15, 0.2) is 0 Å². The predicted octanol–water partition coefficient (Wildman–Crippen LogP) is 3.85. The number of hydrogen-bond acceptors (Lipinski definition) is 1. The van der Waals surface area contributed by atoms with E-state index in [0.717, 1.165) is 5.69 Å². The van der Waals surface area contributed by atoms with Crippen LogP contribution in [0.2, 0.25) is 0 Å². The number of aromatic nitrogens is 2. The Balaban J connectivity index is 2.22. The lowest BCUT2D eigenvalue weighted by Gasteiger charge is -2.11. The van der Waals surface area contributed by atoms with Gasteiger partial charge in [-0.15, -0.1) is 0 Å². The van der Waals surface area contributed by atoms with Gasteiger partial charge in [-0.2, -0.15) is 0 Å². The molecule has 0 N–H and O–H groups in total. The third-order valence-corrected chi connectivity index (χ3v) is 3.02. The van der Waals surface area contributed by atoms with Crippen LogP contribution in [0, 0.1) is 6.92 Å². The van der Waals surface area contributed by atoms with Gasteiger partial charge >= 0.3 is 0 Å². The normalized spacial score (nSPS) is 10.5. The molecule has 0 aliphatic heterocycles. The molecule has 0 unspecified atom stereocenters. The summed E-state index contributed by atoms with van der Waals surface area (Å²) in [5.74, 6) is 0. The molecule has 0 aliphatic carbocycles. The number of benzene rings is 2. The SMILES string of the molecule is Cc1ccc(-n2ccnc2)c(-c2ccccc2)c1. The van der Waals surface area contributed by atoms with Crippen molar-refractivity contribution in [2.75, 3.05) is 0 Å². The highest BCUT2D eigenvalue weighted by molar-refractivity contribution is 5.73. The molecule has 0 aliphatic rings. The van der Waals surface area contributed by atoms with E-state index in [4.69, 9.17) is 0 Å². The van der Waals surface area contributed by atoms with E-state index >= 15 is 0 Å². The van der Waals surface area contributed by atoms with E-state index in [1.165, 1.54) is 16.7 Å². The molecule has 0 amide bonds. The van der Waals surface area contributed by atoms with Gasteiger partial charge in [-0.05, 0) is 24.6 Å². The summed E-state index contributed by atoms with van der Waals surface area (Å²) in [4.78, 5) is 4.12. The van der Waals surface area contributed by atoms with E-state index in [1.54, 1.807) is 6.20 Å². The van der Waals surface area contributed by atoms with Crippen molar-refractivity contribution in [2.24, 2.45) is 0 Å². The maximum Gasteiger partial charge on any atom is 0.0991 e. The average Bonchev–Trinajstić information content (AvgIpc) is 2.93. The van der Waals surface area contributed by atoms with Crippen molar-refractivity contribution in [1.82, 2.24) is 9.55 Å². The summed E-state index contributed by atoms with van der Waals surface area (Å²) < 4.78 is 2.04. The zero-order chi connectivity index (χ0) is 12.4. The first-order valence-corrected chi connectivity index (χ1v) is 5.99. The van der Waals surface area contributed by atoms with Gasteiger partial charge < -0.3 is 4.57 Å². The van der Waals surface area contributed by atoms with Gasteiger partial charge in [-0.1, -0.05) is 42.0 Å². The second-order valence-corrected chi connectivity index (χ2v) is 4.36. The van der Waals surface area contributed by atoms with E-state index in [0.29, 0.717) is 0 Å². The maximum atomic E-state index is 4.12. The summed E-state index contributed by atoms with van der Waals surface area (Å²) in [6.45, 7) is 2.12. The molecule has 2 nitrogen and oxygen atoms in total. The second kappa shape index (κ2) is 4.49. The summed E-state index contributed by atoms with van der Waals surface area (Å²) in [6, 6.07) is 16.9. The quantitative estimate of drug-likeness (QED) is 0.658. The molecule has 0 saturated carbocycles. The second-order valence-electron chi connectivity index (χ2n) is 4.36. The van der Waals surface area contributed by atoms with E-state index in [1.807, 2.05) is 23.2 Å². The lowest BCUT2D eigenvalue weighted by atomic mass is 10.0. The molecular weight excluding hydrogens is 220 g/mol. The summed E-state index contributed by atoms with van der Waals surface area (Å²) in [6.07, 6.45) is 5.60. The third kappa shape index (κ3) is 1.93. The van der Waals surface area contributed by atoms with Crippen LogP contribution in [0.5, 0.6) is 0 Å². The Bertz CT molecular complexity index is 640. The Morgan fingerprint density at radius 1 is 1.00 bits per heavy atom. The van der Waals surface area contributed by atoms with Gasteiger partial charge in [0.05, 0.1) is 12.0 Å². The Kier molecular flexibility index (Phi) is 2.69. The Morgan fingerprint density at radius 2 is 1.83 bits per heavy atom. The van der Waals surface area contributed by atoms with Crippen molar-refractivity contribution < 1.29 is 0 Å². The molecule has 0 saturated heterocycles. The summed E-state index contributed by atoms with van der Waals surface area (Å²) in [5.41, 5.74) is 4.88. The fraction of sp³-hybridized carbons (Fsp3) is 0.0625. The van der Waals surface area contributed by atoms with Crippen molar-refractivity contribution in [1.29, 1.82) is 0 Å². The fourth-order valence-corrected chi connectivity index (χ4v) is 2.13. The molecule has 0 fully saturated rings. The van der Waals surface area contributed by atoms with Crippen LogP contribution in [0.15, 0.2) is 67.3 Å². The van der Waals surface area contributed by atoms with Gasteiger partial charge in [0, 0.05) is 18.0 Å². The Morgan fingerprint density at radius 3 is 2.56 bits per heavy atom. The van der Waals surface area contributed by atoms with Crippen LogP contribution in [-0.4, -0.2) is 9.55 Å². The molecule has 2 aromatic carbocycles. The van der Waals surface area contributed by atoms with E-state index < -0.39 is 0 Å². The first kappa shape index (κ1) is 10.8. The zero-order valence-electron chi connectivity index (χ0n) is 10.2. The molecule has 18 heavy (non-hydrogen) atoms. The summed E-state index contributed by atoms with van der Waals surface area (Å²) >= 11 is 0. The van der Waals surface area contributed by atoms with Crippen LogP contribution in [0.25, 0.3) is 16.8 Å². The molecule has 0 radical (unpaired) electrons. The molecule has 1 aromatic heterocycles. The van der Waals surface area contributed by atoms with Crippen molar-refractivity contribution in [3.8, 4) is 16.8 Å². The minimum Gasteiger partial charge on any atom is -0.306 e. The van der Waals surface area contributed by atoms with Crippen LogP contribution in [0.1, 0.15) is 5.56 Å². The lowest BCUT2D eigenvalue weighted by Crippen LogP contribution is -1.94. The predicted molar refractivity (Wildman–Crippen MR) is 73.7 cm³/mol. The highest BCUT2D eigenvalue weighted by Crippen LogP contribution is 2.27. The van der Waals surface area contributed by atoms with Crippen LogP contribution >= 0.6 is 0 Å². The molecule has 0 bridgehead atoms. The largest absolute Gasteiger partial charge is 0.306 e. The van der Waals surface area contributed by atoms with E-state index in [-0.39, 0.29) is 0 Å². The molecule has 3 aromatic rings. The standard InChI is InChI=1S/C16H14N2/c1-13-7-8-16(18-10-9-17-12-18)15(11-13)14-5-3-2-4-6-14/h2-12H,1H3. The van der Waals surface area contributed by atoms with Gasteiger partial charge in [0.2, 0.25) is 0 Å². The zero-order valence-corrected chi connectivity index (χ0v) is 10.2. The number of hydrogen-bond donors (Lipinski definition) is 0. The van der Waals surface area contributed by atoms with E-state index in [2.05, 4.69) is 54.4 Å². The Hall–Kier alpha value is -2.35. The molecule has 0 atom stereocenters. The van der Waals surface area contributed by atoms with Crippen molar-refractivity contribution in [3.05, 3.63) is 72.8 Å². The van der Waals surface area contributed by atoms with E-state index in [9.17, 15) is 0 Å². The number of aryl methyl sites for hydroxylation is 1.